The quantitative estimate of drug-likeness (QED) is 0.356. The second-order valence-corrected chi connectivity index (χ2v) is 8.70. The van der Waals surface area contributed by atoms with Crippen LogP contribution in [-0.4, -0.2) is 39.8 Å². The molecule has 1 unspecified atom stereocenters. The highest BCUT2D eigenvalue weighted by molar-refractivity contribution is 7.99. The van der Waals surface area contributed by atoms with Crippen molar-refractivity contribution in [2.24, 2.45) is 5.10 Å². The predicted octanol–water partition coefficient (Wildman–Crippen LogP) is 5.85. The lowest BCUT2D eigenvalue weighted by Crippen LogP contribution is -2.18. The second kappa shape index (κ2) is 8.68. The fourth-order valence-corrected chi connectivity index (χ4v) is 4.64. The van der Waals surface area contributed by atoms with Crippen molar-refractivity contribution in [2.45, 2.75) is 24.4 Å². The van der Waals surface area contributed by atoms with E-state index in [0.29, 0.717) is 22.3 Å². The topological polar surface area (TPSA) is 61.5 Å². The van der Waals surface area contributed by atoms with Crippen molar-refractivity contribution in [3.05, 3.63) is 77.6 Å². The summed E-state index contributed by atoms with van der Waals surface area (Å²) in [6, 6.07) is 17.8. The maximum atomic E-state index is 12.4. The molecule has 174 valence electrons. The molecule has 1 atom stereocenters. The summed E-state index contributed by atoms with van der Waals surface area (Å²) in [5.74, 6) is 1.66. The predicted molar refractivity (Wildman–Crippen MR) is 124 cm³/mol. The SMILES string of the molecule is COc1ccc2cc(C(C)c3nnc4n3N=C(c3ccc(OC(F)(F)F)cc3)CS4)ccc2c1. The van der Waals surface area contributed by atoms with Crippen LogP contribution in [0.3, 0.4) is 0 Å². The molecule has 4 aromatic rings. The number of nitrogens with zero attached hydrogens (tertiary/aromatic N) is 4. The Morgan fingerprint density at radius 2 is 1.65 bits per heavy atom. The highest BCUT2D eigenvalue weighted by Gasteiger charge is 2.31. The van der Waals surface area contributed by atoms with Gasteiger partial charge in [0.05, 0.1) is 12.8 Å². The van der Waals surface area contributed by atoms with Crippen LogP contribution in [0.4, 0.5) is 13.2 Å². The number of hydrogen-bond donors (Lipinski definition) is 0. The Morgan fingerprint density at radius 1 is 0.941 bits per heavy atom. The minimum absolute atomic E-state index is 0.0842. The smallest absolute Gasteiger partial charge is 0.497 e. The van der Waals surface area contributed by atoms with Gasteiger partial charge >= 0.3 is 6.36 Å². The Kier molecular flexibility index (Phi) is 5.68. The zero-order valence-corrected chi connectivity index (χ0v) is 19.0. The molecule has 5 rings (SSSR count). The number of hydrogen-bond acceptors (Lipinski definition) is 6. The zero-order valence-electron chi connectivity index (χ0n) is 18.2. The molecule has 0 spiro atoms. The molecule has 1 aliphatic heterocycles. The number of aromatic nitrogens is 3. The fraction of sp³-hybridized carbons (Fsp3) is 0.208. The van der Waals surface area contributed by atoms with E-state index < -0.39 is 6.36 Å². The monoisotopic (exact) mass is 484 g/mol. The molecule has 1 aliphatic rings. The third-order valence-electron chi connectivity index (χ3n) is 5.57. The third kappa shape index (κ3) is 4.45. The molecule has 2 heterocycles. The maximum Gasteiger partial charge on any atom is 0.573 e. The molecule has 0 saturated carbocycles. The number of benzene rings is 3. The van der Waals surface area contributed by atoms with Crippen LogP contribution in [0.1, 0.15) is 29.8 Å². The van der Waals surface area contributed by atoms with Crippen LogP contribution in [0.2, 0.25) is 0 Å². The summed E-state index contributed by atoms with van der Waals surface area (Å²) in [5, 5.41) is 16.2. The molecule has 10 heteroatoms. The first-order valence-electron chi connectivity index (χ1n) is 10.4. The van der Waals surface area contributed by atoms with Gasteiger partial charge in [0, 0.05) is 11.7 Å². The number of alkyl halides is 3. The fourth-order valence-electron chi connectivity index (χ4n) is 3.79. The Hall–Kier alpha value is -3.53. The lowest BCUT2D eigenvalue weighted by atomic mass is 9.97. The van der Waals surface area contributed by atoms with Crippen LogP contribution < -0.4 is 9.47 Å². The molecular weight excluding hydrogens is 465 g/mol. The highest BCUT2D eigenvalue weighted by Crippen LogP contribution is 2.32. The molecule has 0 amide bonds. The van der Waals surface area contributed by atoms with E-state index in [1.54, 1.807) is 23.9 Å². The van der Waals surface area contributed by atoms with E-state index in [2.05, 4.69) is 21.0 Å². The van der Waals surface area contributed by atoms with Crippen molar-refractivity contribution in [1.82, 2.24) is 14.9 Å². The molecule has 6 nitrogen and oxygen atoms in total. The van der Waals surface area contributed by atoms with Crippen molar-refractivity contribution in [3.63, 3.8) is 0 Å². The molecule has 0 bridgehead atoms. The first-order valence-corrected chi connectivity index (χ1v) is 11.4. The summed E-state index contributed by atoms with van der Waals surface area (Å²) in [6.07, 6.45) is -4.73. The first-order chi connectivity index (χ1) is 16.3. The van der Waals surface area contributed by atoms with Crippen LogP contribution in [0, 0.1) is 0 Å². The molecule has 0 radical (unpaired) electrons. The molecule has 1 aromatic heterocycles. The molecule has 0 N–H and O–H groups in total. The van der Waals surface area contributed by atoms with Gasteiger partial charge in [-0.1, -0.05) is 43.0 Å². The van der Waals surface area contributed by atoms with Crippen molar-refractivity contribution in [2.75, 3.05) is 12.9 Å². The molecular formula is C24H19F3N4O2S. The van der Waals surface area contributed by atoms with Gasteiger partial charge in [-0.2, -0.15) is 9.78 Å². The molecule has 0 aliphatic carbocycles. The number of methoxy groups -OCH3 is 1. The zero-order chi connectivity index (χ0) is 23.9. The van der Waals surface area contributed by atoms with Crippen LogP contribution in [-0.2, 0) is 0 Å². The Labute approximate surface area is 197 Å². The number of thioether (sulfide) groups is 1. The van der Waals surface area contributed by atoms with Crippen LogP contribution in [0.25, 0.3) is 10.8 Å². The summed E-state index contributed by atoms with van der Waals surface area (Å²) < 4.78 is 48.3. The normalized spacial score (nSPS) is 14.4. The molecule has 0 fully saturated rings. The second-order valence-electron chi connectivity index (χ2n) is 7.75. The van der Waals surface area contributed by atoms with E-state index in [0.717, 1.165) is 27.8 Å². The van der Waals surface area contributed by atoms with E-state index in [4.69, 9.17) is 9.84 Å². The summed E-state index contributed by atoms with van der Waals surface area (Å²) >= 11 is 1.48. The summed E-state index contributed by atoms with van der Waals surface area (Å²) in [5.41, 5.74) is 2.49. The van der Waals surface area contributed by atoms with Crippen molar-refractivity contribution in [1.29, 1.82) is 0 Å². The number of ether oxygens (including phenoxy) is 2. The van der Waals surface area contributed by atoms with E-state index in [1.807, 2.05) is 37.3 Å². The van der Waals surface area contributed by atoms with E-state index in [1.165, 1.54) is 23.9 Å². The lowest BCUT2D eigenvalue weighted by Gasteiger charge is -2.17. The Bertz CT molecular complexity index is 1380. The number of rotatable bonds is 5. The van der Waals surface area contributed by atoms with Crippen LogP contribution in [0.15, 0.2) is 70.9 Å². The van der Waals surface area contributed by atoms with Crippen molar-refractivity contribution in [3.8, 4) is 11.5 Å². The van der Waals surface area contributed by atoms with Gasteiger partial charge < -0.3 is 9.47 Å². The van der Waals surface area contributed by atoms with Crippen molar-refractivity contribution < 1.29 is 22.6 Å². The van der Waals surface area contributed by atoms with Crippen LogP contribution in [0.5, 0.6) is 11.5 Å². The Morgan fingerprint density at radius 3 is 2.38 bits per heavy atom. The molecule has 0 saturated heterocycles. The number of fused-ring (bicyclic) bond motifs is 2. The van der Waals surface area contributed by atoms with Gasteiger partial charge in [0.2, 0.25) is 5.16 Å². The van der Waals surface area contributed by atoms with E-state index in [-0.39, 0.29) is 11.7 Å². The molecule has 3 aromatic carbocycles. The van der Waals surface area contributed by atoms with E-state index >= 15 is 0 Å². The molecule has 34 heavy (non-hydrogen) atoms. The summed E-state index contributed by atoms with van der Waals surface area (Å²) in [7, 11) is 1.64. The van der Waals surface area contributed by atoms with Gasteiger partial charge in [0.15, 0.2) is 5.82 Å². The van der Waals surface area contributed by atoms with Gasteiger partial charge in [0.25, 0.3) is 0 Å². The first kappa shape index (κ1) is 22.3. The van der Waals surface area contributed by atoms with Crippen molar-refractivity contribution >= 4 is 28.2 Å². The van der Waals surface area contributed by atoms with Gasteiger partial charge in [-0.25, -0.2) is 0 Å². The standard InChI is InChI=1S/C24H19F3N4O2S/c1-14(16-3-4-18-12-20(32-2)10-7-17(18)11-16)22-28-29-23-31(22)30-21(13-34-23)15-5-8-19(9-6-15)33-24(25,26)27/h3-12,14H,13H2,1-2H3. The highest BCUT2D eigenvalue weighted by atomic mass is 32.2. The minimum atomic E-state index is -4.73. The van der Waals surface area contributed by atoms with Gasteiger partial charge in [0.1, 0.15) is 11.5 Å². The summed E-state index contributed by atoms with van der Waals surface area (Å²) in [6.45, 7) is 2.04. The Balaban J connectivity index is 1.44. The lowest BCUT2D eigenvalue weighted by molar-refractivity contribution is -0.274. The minimum Gasteiger partial charge on any atom is -0.497 e. The van der Waals surface area contributed by atoms with Crippen LogP contribution >= 0.6 is 11.8 Å². The third-order valence-corrected chi connectivity index (χ3v) is 6.51. The van der Waals surface area contributed by atoms with Gasteiger partial charge in [-0.05, 0) is 58.3 Å². The van der Waals surface area contributed by atoms with E-state index in [9.17, 15) is 13.2 Å². The average Bonchev–Trinajstić information content (AvgIpc) is 3.25. The maximum absolute atomic E-state index is 12.4. The largest absolute Gasteiger partial charge is 0.573 e. The summed E-state index contributed by atoms with van der Waals surface area (Å²) in [4.78, 5) is 0. The van der Waals surface area contributed by atoms with Gasteiger partial charge in [-0.3, -0.25) is 0 Å². The average molecular weight is 485 g/mol. The number of halogens is 3. The van der Waals surface area contributed by atoms with Gasteiger partial charge in [-0.15, -0.1) is 23.4 Å².